The maximum absolute atomic E-state index is 12.0. The summed E-state index contributed by atoms with van der Waals surface area (Å²) in [6, 6.07) is 0. The van der Waals surface area contributed by atoms with Gasteiger partial charge in [-0.05, 0) is 0 Å². The second-order valence-electron chi connectivity index (χ2n) is 5.93. The minimum atomic E-state index is -5.75. The van der Waals surface area contributed by atoms with E-state index in [-0.39, 0.29) is 11.4 Å². The third-order valence-corrected chi connectivity index (χ3v) is 7.46. The highest BCUT2D eigenvalue weighted by molar-refractivity contribution is 7.66. The van der Waals surface area contributed by atoms with Crippen molar-refractivity contribution in [2.45, 2.75) is 31.1 Å². The van der Waals surface area contributed by atoms with Crippen molar-refractivity contribution < 1.29 is 66.5 Å². The maximum Gasteiger partial charge on any atom is 0.490 e. The van der Waals surface area contributed by atoms with Gasteiger partial charge in [0.15, 0.2) is 6.23 Å². The molecule has 1 aromatic heterocycles. The summed E-state index contributed by atoms with van der Waals surface area (Å²) < 4.78 is 50.8. The van der Waals surface area contributed by atoms with Crippen LogP contribution in [0.5, 0.6) is 0 Å². The van der Waals surface area contributed by atoms with Gasteiger partial charge in [0.2, 0.25) is 0 Å². The summed E-state index contributed by atoms with van der Waals surface area (Å²) in [5.74, 6) is -0.291. The third-order valence-electron chi connectivity index (χ3n) is 3.66. The molecule has 1 saturated heterocycles. The first kappa shape index (κ1) is 26.2. The highest BCUT2D eigenvalue weighted by Gasteiger charge is 2.46. The third kappa shape index (κ3) is 6.95. The SMILES string of the molecule is Nc1nc(=O)n([C@@H]2O[C@H](COP(=O)(O)OP(=O)(O)OP(=O)(O)O)[C@@H](O)[C@H]2O)cc1CO. The van der Waals surface area contributed by atoms with E-state index in [2.05, 4.69) is 18.1 Å². The largest absolute Gasteiger partial charge is 0.490 e. The van der Waals surface area contributed by atoms with Crippen molar-refractivity contribution in [1.29, 1.82) is 0 Å². The lowest BCUT2D eigenvalue weighted by molar-refractivity contribution is -0.0543. The van der Waals surface area contributed by atoms with Crippen LogP contribution in [0.25, 0.3) is 0 Å². The fourth-order valence-electron chi connectivity index (χ4n) is 2.39. The zero-order chi connectivity index (χ0) is 23.8. The number of nitrogens with two attached hydrogens (primary N) is 1. The summed E-state index contributed by atoms with van der Waals surface area (Å²) in [6.45, 7) is -1.69. The van der Waals surface area contributed by atoms with Gasteiger partial charge < -0.3 is 45.4 Å². The molecule has 2 unspecified atom stereocenters. The van der Waals surface area contributed by atoms with Gasteiger partial charge in [-0.15, -0.1) is 0 Å². The minimum absolute atomic E-state index is 0.0124. The molecule has 9 N–H and O–H groups in total. The second kappa shape index (κ2) is 9.43. The van der Waals surface area contributed by atoms with Crippen molar-refractivity contribution >= 4 is 29.3 Å². The second-order valence-corrected chi connectivity index (χ2v) is 10.4. The number of ether oxygens (including phenoxy) is 1. The average Bonchev–Trinajstić information content (AvgIpc) is 2.85. The first-order chi connectivity index (χ1) is 14.1. The lowest BCUT2D eigenvalue weighted by Gasteiger charge is -2.19. The van der Waals surface area contributed by atoms with E-state index in [1.54, 1.807) is 0 Å². The van der Waals surface area contributed by atoms with Crippen molar-refractivity contribution in [2.24, 2.45) is 0 Å². The lowest BCUT2D eigenvalue weighted by atomic mass is 10.1. The summed E-state index contributed by atoms with van der Waals surface area (Å²) in [5.41, 5.74) is 4.40. The molecule has 1 aliphatic heterocycles. The van der Waals surface area contributed by atoms with Crippen LogP contribution in [-0.2, 0) is 38.2 Å². The van der Waals surface area contributed by atoms with Crippen LogP contribution < -0.4 is 11.4 Å². The Morgan fingerprint density at radius 3 is 2.26 bits per heavy atom. The predicted octanol–water partition coefficient (Wildman–Crippen LogP) is -2.72. The topological polar surface area (TPSA) is 291 Å². The molecule has 0 spiro atoms. The summed E-state index contributed by atoms with van der Waals surface area (Å²) in [4.78, 5) is 50.8. The quantitative estimate of drug-likeness (QED) is 0.156. The number of anilines is 1. The molecule has 178 valence electrons. The van der Waals surface area contributed by atoms with E-state index in [0.717, 1.165) is 6.20 Å². The van der Waals surface area contributed by atoms with Gasteiger partial charge in [0.1, 0.15) is 24.1 Å². The number of phosphoric ester groups is 1. The summed E-state index contributed by atoms with van der Waals surface area (Å²) in [6.07, 6.45) is -5.83. The molecular weight excluding hydrogens is 495 g/mol. The zero-order valence-electron chi connectivity index (χ0n) is 15.0. The molecule has 21 heteroatoms. The standard InChI is InChI=1S/C10H18N3O15P3/c11-8-4(2-14)1-13(10(17)12-8)9-7(16)6(15)5(26-9)3-25-30(21,22)28-31(23,24)27-29(18,19)20/h1,5-7,9,14-16H,2-3H2,(H,21,22)(H,23,24)(H2,11,12,17)(H2,18,19,20)/t5-,6-,7-,9-/m1/s1. The van der Waals surface area contributed by atoms with Gasteiger partial charge in [0.05, 0.1) is 13.2 Å². The molecule has 0 amide bonds. The van der Waals surface area contributed by atoms with Gasteiger partial charge in [-0.1, -0.05) is 0 Å². The van der Waals surface area contributed by atoms with Crippen LogP contribution in [0.2, 0.25) is 0 Å². The Hall–Kier alpha value is -1.07. The number of nitrogen functional groups attached to an aromatic ring is 1. The predicted molar refractivity (Wildman–Crippen MR) is 94.6 cm³/mol. The van der Waals surface area contributed by atoms with E-state index >= 15 is 0 Å². The summed E-state index contributed by atoms with van der Waals surface area (Å²) in [5, 5.41) is 29.4. The summed E-state index contributed by atoms with van der Waals surface area (Å²) >= 11 is 0. The molecule has 31 heavy (non-hydrogen) atoms. The molecule has 0 aliphatic carbocycles. The molecule has 1 aliphatic rings. The van der Waals surface area contributed by atoms with Crippen molar-refractivity contribution in [1.82, 2.24) is 9.55 Å². The van der Waals surface area contributed by atoms with Crippen LogP contribution in [0.15, 0.2) is 11.0 Å². The molecule has 2 heterocycles. The highest BCUT2D eigenvalue weighted by atomic mass is 31.3. The number of aliphatic hydroxyl groups is 3. The van der Waals surface area contributed by atoms with Crippen LogP contribution in [-0.4, -0.2) is 69.4 Å². The van der Waals surface area contributed by atoms with Crippen LogP contribution in [0.1, 0.15) is 11.8 Å². The van der Waals surface area contributed by atoms with Crippen molar-refractivity contribution in [3.8, 4) is 0 Å². The van der Waals surface area contributed by atoms with Crippen molar-refractivity contribution in [3.05, 3.63) is 22.2 Å². The number of nitrogens with zero attached hydrogens (tertiary/aromatic N) is 2. The first-order valence-corrected chi connectivity index (χ1v) is 12.4. The van der Waals surface area contributed by atoms with Crippen molar-refractivity contribution in [2.75, 3.05) is 12.3 Å². The minimum Gasteiger partial charge on any atom is -0.391 e. The Morgan fingerprint density at radius 2 is 1.71 bits per heavy atom. The molecule has 0 radical (unpaired) electrons. The molecule has 0 saturated carbocycles. The van der Waals surface area contributed by atoms with Gasteiger partial charge >= 0.3 is 29.2 Å². The molecule has 18 nitrogen and oxygen atoms in total. The number of aliphatic hydroxyl groups excluding tert-OH is 3. The Balaban J connectivity index is 2.11. The van der Waals surface area contributed by atoms with E-state index < -0.39 is 66.9 Å². The van der Waals surface area contributed by atoms with E-state index in [4.69, 9.17) is 25.2 Å². The van der Waals surface area contributed by atoms with Gasteiger partial charge in [0, 0.05) is 11.8 Å². The lowest BCUT2D eigenvalue weighted by Crippen LogP contribution is -2.36. The molecular formula is C10H18N3O15P3. The van der Waals surface area contributed by atoms with Gasteiger partial charge in [-0.3, -0.25) is 9.09 Å². The zero-order valence-corrected chi connectivity index (χ0v) is 17.7. The van der Waals surface area contributed by atoms with Gasteiger partial charge in [-0.25, -0.2) is 18.5 Å². The van der Waals surface area contributed by atoms with Crippen LogP contribution >= 0.6 is 23.5 Å². The Morgan fingerprint density at radius 1 is 1.10 bits per heavy atom. The number of rotatable bonds is 9. The maximum atomic E-state index is 12.0. The Bertz CT molecular complexity index is 1010. The Kier molecular flexibility index (Phi) is 7.96. The monoisotopic (exact) mass is 513 g/mol. The molecule has 0 aromatic carbocycles. The molecule has 2 rings (SSSR count). The number of phosphoric acid groups is 3. The van der Waals surface area contributed by atoms with Gasteiger partial charge in [-0.2, -0.15) is 13.6 Å². The number of aromatic nitrogens is 2. The number of hydrogen-bond acceptors (Lipinski definition) is 13. The van der Waals surface area contributed by atoms with Crippen molar-refractivity contribution in [3.63, 3.8) is 0 Å². The first-order valence-electron chi connectivity index (χ1n) is 7.83. The van der Waals surface area contributed by atoms with Crippen LogP contribution in [0.3, 0.4) is 0 Å². The molecule has 1 aromatic rings. The molecule has 6 atom stereocenters. The number of hydrogen-bond donors (Lipinski definition) is 8. The average molecular weight is 513 g/mol. The summed E-state index contributed by atoms with van der Waals surface area (Å²) in [7, 11) is -16.8. The van der Waals surface area contributed by atoms with E-state index in [0.29, 0.717) is 4.57 Å². The molecule has 1 fully saturated rings. The van der Waals surface area contributed by atoms with E-state index in [1.807, 2.05) is 0 Å². The van der Waals surface area contributed by atoms with Crippen LogP contribution in [0.4, 0.5) is 5.82 Å². The van der Waals surface area contributed by atoms with E-state index in [9.17, 15) is 38.7 Å². The fourth-order valence-corrected chi connectivity index (χ4v) is 5.42. The van der Waals surface area contributed by atoms with Gasteiger partial charge in [0.25, 0.3) is 0 Å². The Labute approximate surface area is 171 Å². The van der Waals surface area contributed by atoms with E-state index in [1.165, 1.54) is 0 Å². The fraction of sp³-hybridized carbons (Fsp3) is 0.600. The smallest absolute Gasteiger partial charge is 0.391 e. The highest BCUT2D eigenvalue weighted by Crippen LogP contribution is 2.66. The van der Waals surface area contributed by atoms with Crippen LogP contribution in [0, 0.1) is 0 Å². The normalized spacial score (nSPS) is 28.2. The molecule has 0 bridgehead atoms.